The maximum Gasteiger partial charge on any atom is 0.354 e. The largest absolute Gasteiger partial charge is 0.464 e. The second kappa shape index (κ2) is 9.15. The van der Waals surface area contributed by atoms with Crippen LogP contribution in [0.5, 0.6) is 0 Å². The molecule has 0 bridgehead atoms. The van der Waals surface area contributed by atoms with Gasteiger partial charge in [0, 0.05) is 41.0 Å². The number of esters is 1. The molecule has 1 saturated heterocycles. The van der Waals surface area contributed by atoms with Crippen molar-refractivity contribution in [1.29, 1.82) is 0 Å². The Labute approximate surface area is 204 Å². The maximum absolute atomic E-state index is 12.9. The fourth-order valence-corrected chi connectivity index (χ4v) is 5.91. The van der Waals surface area contributed by atoms with Gasteiger partial charge in [-0.05, 0) is 38.3 Å². The SMILES string of the molecule is COC(=O)c1cc(-c2csc(NC(=O)C3CCN(c4ncnc5sc(C)c(C)c45)CC3)n2)c[nH]1. The van der Waals surface area contributed by atoms with Crippen LogP contribution in [-0.4, -0.2) is 52.0 Å². The summed E-state index contributed by atoms with van der Waals surface area (Å²) in [5.41, 5.74) is 3.05. The number of thiazole rings is 1. The Bertz CT molecular complexity index is 1370. The number of fused-ring (bicyclic) bond motifs is 1. The first-order valence-electron chi connectivity index (χ1n) is 10.9. The van der Waals surface area contributed by atoms with Gasteiger partial charge in [-0.1, -0.05) is 0 Å². The molecule has 9 nitrogen and oxygen atoms in total. The van der Waals surface area contributed by atoms with Gasteiger partial charge in [0.05, 0.1) is 18.2 Å². The summed E-state index contributed by atoms with van der Waals surface area (Å²) >= 11 is 3.06. The van der Waals surface area contributed by atoms with Gasteiger partial charge >= 0.3 is 5.97 Å². The number of rotatable bonds is 5. The first-order valence-corrected chi connectivity index (χ1v) is 12.6. The number of carbonyl (C=O) groups is 2. The highest BCUT2D eigenvalue weighted by Gasteiger charge is 2.28. The van der Waals surface area contributed by atoms with Crippen molar-refractivity contribution < 1.29 is 14.3 Å². The summed E-state index contributed by atoms with van der Waals surface area (Å²) in [5.74, 6) is 0.436. The molecule has 1 fully saturated rings. The number of thiophene rings is 1. The molecule has 1 aliphatic heterocycles. The maximum atomic E-state index is 12.9. The van der Waals surface area contributed by atoms with Crippen LogP contribution in [0.2, 0.25) is 0 Å². The first kappa shape index (κ1) is 22.5. The molecule has 11 heteroatoms. The Balaban J connectivity index is 1.22. The number of amides is 1. The molecule has 176 valence electrons. The lowest BCUT2D eigenvalue weighted by molar-refractivity contribution is -0.120. The molecular formula is C23H24N6O3S2. The zero-order chi connectivity index (χ0) is 23.8. The van der Waals surface area contributed by atoms with Gasteiger partial charge in [-0.15, -0.1) is 22.7 Å². The van der Waals surface area contributed by atoms with Crippen LogP contribution >= 0.6 is 22.7 Å². The number of hydrogen-bond acceptors (Lipinski definition) is 9. The molecule has 5 rings (SSSR count). The Morgan fingerprint density at radius 3 is 2.79 bits per heavy atom. The summed E-state index contributed by atoms with van der Waals surface area (Å²) < 4.78 is 4.72. The monoisotopic (exact) mass is 496 g/mol. The summed E-state index contributed by atoms with van der Waals surface area (Å²) in [6, 6.07) is 1.68. The van der Waals surface area contributed by atoms with E-state index in [1.165, 1.54) is 28.9 Å². The topological polar surface area (TPSA) is 113 Å². The highest BCUT2D eigenvalue weighted by atomic mass is 32.1. The van der Waals surface area contributed by atoms with Gasteiger partial charge in [-0.25, -0.2) is 19.7 Å². The zero-order valence-corrected chi connectivity index (χ0v) is 20.7. The number of aryl methyl sites for hydroxylation is 2. The zero-order valence-electron chi connectivity index (χ0n) is 19.0. The van der Waals surface area contributed by atoms with Crippen molar-refractivity contribution in [2.45, 2.75) is 26.7 Å². The van der Waals surface area contributed by atoms with Crippen molar-refractivity contribution in [3.05, 3.63) is 40.1 Å². The molecule has 0 aliphatic carbocycles. The van der Waals surface area contributed by atoms with Crippen LogP contribution in [0.1, 0.15) is 33.8 Å². The van der Waals surface area contributed by atoms with Crippen LogP contribution in [0.25, 0.3) is 21.5 Å². The van der Waals surface area contributed by atoms with Crippen molar-refractivity contribution >= 4 is 55.7 Å². The summed E-state index contributed by atoms with van der Waals surface area (Å²) in [4.78, 5) is 45.5. The minimum absolute atomic E-state index is 0.0136. The van der Waals surface area contributed by atoms with Gasteiger partial charge in [-0.3, -0.25) is 4.79 Å². The smallest absolute Gasteiger partial charge is 0.354 e. The number of nitrogens with one attached hydrogen (secondary N) is 2. The normalized spacial score (nSPS) is 14.5. The molecule has 0 radical (unpaired) electrons. The van der Waals surface area contributed by atoms with Gasteiger partial charge in [0.25, 0.3) is 0 Å². The molecular weight excluding hydrogens is 472 g/mol. The van der Waals surface area contributed by atoms with E-state index < -0.39 is 5.97 Å². The van der Waals surface area contributed by atoms with Crippen molar-refractivity contribution in [3.8, 4) is 11.3 Å². The van der Waals surface area contributed by atoms with Gasteiger partial charge < -0.3 is 19.9 Å². The average molecular weight is 497 g/mol. The van der Waals surface area contributed by atoms with Gasteiger partial charge in [0.2, 0.25) is 5.91 Å². The number of carbonyl (C=O) groups excluding carboxylic acids is 2. The van der Waals surface area contributed by atoms with Crippen LogP contribution < -0.4 is 10.2 Å². The lowest BCUT2D eigenvalue weighted by Crippen LogP contribution is -2.38. The Hall–Kier alpha value is -3.31. The highest BCUT2D eigenvalue weighted by molar-refractivity contribution is 7.18. The number of aromatic amines is 1. The quantitative estimate of drug-likeness (QED) is 0.394. The lowest BCUT2D eigenvalue weighted by atomic mass is 9.96. The number of nitrogens with zero attached hydrogens (tertiary/aromatic N) is 4. The summed E-state index contributed by atoms with van der Waals surface area (Å²) in [5, 5.41) is 6.49. The second-order valence-electron chi connectivity index (χ2n) is 8.24. The molecule has 4 aromatic rings. The summed E-state index contributed by atoms with van der Waals surface area (Å²) in [6.45, 7) is 5.76. The van der Waals surface area contributed by atoms with Crippen LogP contribution in [0, 0.1) is 19.8 Å². The van der Waals surface area contributed by atoms with Gasteiger partial charge in [0.15, 0.2) is 5.13 Å². The van der Waals surface area contributed by atoms with Crippen molar-refractivity contribution in [2.24, 2.45) is 5.92 Å². The van der Waals surface area contributed by atoms with Crippen molar-refractivity contribution in [3.63, 3.8) is 0 Å². The fraction of sp³-hybridized carbons (Fsp3) is 0.348. The number of H-pyrrole nitrogens is 1. The lowest BCUT2D eigenvalue weighted by Gasteiger charge is -2.32. The van der Waals surface area contributed by atoms with Crippen LogP contribution in [-0.2, 0) is 9.53 Å². The Morgan fingerprint density at radius 2 is 2.03 bits per heavy atom. The van der Waals surface area contributed by atoms with Gasteiger partial charge in [-0.2, -0.15) is 0 Å². The predicted molar refractivity (Wildman–Crippen MR) is 134 cm³/mol. The minimum atomic E-state index is -0.437. The second-order valence-corrected chi connectivity index (χ2v) is 10.3. The van der Waals surface area contributed by atoms with E-state index in [1.807, 2.05) is 5.38 Å². The van der Waals surface area contributed by atoms with E-state index in [-0.39, 0.29) is 11.8 Å². The Morgan fingerprint density at radius 1 is 1.24 bits per heavy atom. The molecule has 0 saturated carbocycles. The third-order valence-corrected chi connectivity index (χ3v) is 8.10. The van der Waals surface area contributed by atoms with E-state index in [0.717, 1.165) is 47.5 Å². The third kappa shape index (κ3) is 4.16. The highest BCUT2D eigenvalue weighted by Crippen LogP contribution is 2.36. The number of hydrogen-bond donors (Lipinski definition) is 2. The van der Waals surface area contributed by atoms with E-state index in [2.05, 4.69) is 44.0 Å². The molecule has 0 aromatic carbocycles. The molecule has 0 atom stereocenters. The molecule has 2 N–H and O–H groups in total. The molecule has 1 amide bonds. The van der Waals surface area contributed by atoms with Crippen LogP contribution in [0.3, 0.4) is 0 Å². The first-order chi connectivity index (χ1) is 16.4. The minimum Gasteiger partial charge on any atom is -0.464 e. The van der Waals surface area contributed by atoms with E-state index in [0.29, 0.717) is 16.5 Å². The molecule has 5 heterocycles. The number of aromatic nitrogens is 4. The van der Waals surface area contributed by atoms with E-state index in [4.69, 9.17) is 4.74 Å². The average Bonchev–Trinajstić information content (AvgIpc) is 3.58. The standard InChI is InChI=1S/C23H24N6O3S2/c1-12-13(2)34-21-18(12)19(25-11-26-21)29-6-4-14(5-7-29)20(30)28-23-27-17(10-33-23)15-8-16(24-9-15)22(31)32-3/h8-11,14,24H,4-7H2,1-3H3,(H,27,28,30). The van der Waals surface area contributed by atoms with E-state index in [9.17, 15) is 9.59 Å². The van der Waals surface area contributed by atoms with Crippen LogP contribution in [0.15, 0.2) is 24.0 Å². The summed E-state index contributed by atoms with van der Waals surface area (Å²) in [6.07, 6.45) is 4.82. The number of anilines is 2. The number of ether oxygens (including phenoxy) is 1. The Kier molecular flexibility index (Phi) is 6.05. The van der Waals surface area contributed by atoms with Gasteiger partial charge in [0.1, 0.15) is 22.7 Å². The van der Waals surface area contributed by atoms with E-state index >= 15 is 0 Å². The fourth-order valence-electron chi connectivity index (χ4n) is 4.20. The number of piperidine rings is 1. The number of methoxy groups -OCH3 is 1. The molecule has 0 unspecified atom stereocenters. The van der Waals surface area contributed by atoms with Crippen molar-refractivity contribution in [1.82, 2.24) is 19.9 Å². The van der Waals surface area contributed by atoms with E-state index in [1.54, 1.807) is 29.9 Å². The predicted octanol–water partition coefficient (Wildman–Crippen LogP) is 4.40. The molecule has 0 spiro atoms. The molecule has 34 heavy (non-hydrogen) atoms. The molecule has 1 aliphatic rings. The van der Waals surface area contributed by atoms with Crippen LogP contribution in [0.4, 0.5) is 10.9 Å². The summed E-state index contributed by atoms with van der Waals surface area (Å²) in [7, 11) is 1.34. The molecule has 4 aromatic heterocycles. The van der Waals surface area contributed by atoms with Crippen molar-refractivity contribution in [2.75, 3.05) is 30.4 Å². The third-order valence-electron chi connectivity index (χ3n) is 6.23.